The van der Waals surface area contributed by atoms with Crippen LogP contribution in [0.1, 0.15) is 5.56 Å². The maximum Gasteiger partial charge on any atom is 0.188 e. The van der Waals surface area contributed by atoms with E-state index in [2.05, 4.69) is 25.3 Å². The molecule has 29 heavy (non-hydrogen) atoms. The van der Waals surface area contributed by atoms with Crippen molar-refractivity contribution in [2.45, 2.75) is 6.54 Å². The molecule has 6 nitrogen and oxygen atoms in total. The van der Waals surface area contributed by atoms with E-state index in [4.69, 9.17) is 22.9 Å². The molecule has 0 radical (unpaired) electrons. The zero-order valence-corrected chi connectivity index (χ0v) is 17.6. The third kappa shape index (κ3) is 4.25. The molecular weight excluding hydrogens is 429 g/mol. The van der Waals surface area contributed by atoms with E-state index in [-0.39, 0.29) is 12.4 Å². The molecule has 4 aromatic rings. The topological polar surface area (TPSA) is 64.3 Å². The molecule has 0 aliphatic rings. The molecule has 2 heterocycles. The van der Waals surface area contributed by atoms with Gasteiger partial charge in [-0.2, -0.15) is 0 Å². The van der Waals surface area contributed by atoms with Gasteiger partial charge in [0.05, 0.1) is 18.7 Å². The number of fused-ring (bicyclic) bond motifs is 1. The van der Waals surface area contributed by atoms with Crippen LogP contribution in [-0.2, 0) is 6.54 Å². The lowest BCUT2D eigenvalue weighted by Gasteiger charge is -2.11. The van der Waals surface area contributed by atoms with E-state index in [1.165, 1.54) is 11.3 Å². The SMILES string of the molecule is Cl.[C-]#[N+]c1ccc2c(-c3nccs3)nnc(NCc3ccc(OC)c(Cl)c3)c2c1. The smallest absolute Gasteiger partial charge is 0.188 e. The predicted octanol–water partition coefficient (Wildman–Crippen LogP) is 6.00. The minimum absolute atomic E-state index is 0. The highest BCUT2D eigenvalue weighted by molar-refractivity contribution is 7.13. The lowest BCUT2D eigenvalue weighted by Crippen LogP contribution is -2.04. The summed E-state index contributed by atoms with van der Waals surface area (Å²) in [6.07, 6.45) is 1.74. The summed E-state index contributed by atoms with van der Waals surface area (Å²) in [6, 6.07) is 11.1. The van der Waals surface area contributed by atoms with Gasteiger partial charge >= 0.3 is 0 Å². The van der Waals surface area contributed by atoms with E-state index in [9.17, 15) is 0 Å². The number of nitrogens with zero attached hydrogens (tertiary/aromatic N) is 4. The number of rotatable bonds is 5. The number of methoxy groups -OCH3 is 1. The third-order valence-corrected chi connectivity index (χ3v) is 5.28. The average Bonchev–Trinajstić information content (AvgIpc) is 3.26. The first-order valence-corrected chi connectivity index (χ1v) is 9.59. The van der Waals surface area contributed by atoms with Crippen molar-refractivity contribution in [3.63, 3.8) is 0 Å². The van der Waals surface area contributed by atoms with Crippen LogP contribution in [0.5, 0.6) is 5.75 Å². The molecule has 0 saturated carbocycles. The molecule has 9 heteroatoms. The van der Waals surface area contributed by atoms with Gasteiger partial charge in [0.25, 0.3) is 0 Å². The molecule has 0 aliphatic carbocycles. The number of thiazole rings is 1. The Balaban J connectivity index is 0.00000240. The highest BCUT2D eigenvalue weighted by atomic mass is 35.5. The van der Waals surface area contributed by atoms with Gasteiger partial charge in [-0.25, -0.2) is 9.83 Å². The van der Waals surface area contributed by atoms with Crippen LogP contribution in [-0.4, -0.2) is 22.3 Å². The van der Waals surface area contributed by atoms with Crippen molar-refractivity contribution in [2.75, 3.05) is 12.4 Å². The van der Waals surface area contributed by atoms with Crippen molar-refractivity contribution in [3.8, 4) is 16.5 Å². The Bertz CT molecular complexity index is 1190. The highest BCUT2D eigenvalue weighted by Gasteiger charge is 2.13. The maximum absolute atomic E-state index is 7.31. The molecular formula is C20H15Cl2N5OS. The van der Waals surface area contributed by atoms with Crippen LogP contribution >= 0.6 is 35.3 Å². The molecule has 1 N–H and O–H groups in total. The van der Waals surface area contributed by atoms with Gasteiger partial charge in [-0.1, -0.05) is 29.8 Å². The van der Waals surface area contributed by atoms with Crippen LogP contribution in [0.4, 0.5) is 11.5 Å². The summed E-state index contributed by atoms with van der Waals surface area (Å²) < 4.78 is 5.19. The maximum atomic E-state index is 7.31. The van der Waals surface area contributed by atoms with Crippen LogP contribution in [0.3, 0.4) is 0 Å². The zero-order chi connectivity index (χ0) is 19.5. The molecule has 0 saturated heterocycles. The molecule has 0 unspecified atom stereocenters. The molecule has 0 aliphatic heterocycles. The van der Waals surface area contributed by atoms with E-state index < -0.39 is 0 Å². The normalized spacial score (nSPS) is 10.2. The largest absolute Gasteiger partial charge is 0.495 e. The van der Waals surface area contributed by atoms with Crippen molar-refractivity contribution in [2.24, 2.45) is 0 Å². The van der Waals surface area contributed by atoms with Gasteiger partial charge in [0.2, 0.25) is 0 Å². The van der Waals surface area contributed by atoms with Crippen molar-refractivity contribution in [1.82, 2.24) is 15.2 Å². The molecule has 2 aromatic carbocycles. The minimum Gasteiger partial charge on any atom is -0.495 e. The van der Waals surface area contributed by atoms with Gasteiger partial charge in [0, 0.05) is 28.9 Å². The summed E-state index contributed by atoms with van der Waals surface area (Å²) in [5.41, 5.74) is 2.23. The Morgan fingerprint density at radius 2 is 2.03 bits per heavy atom. The Morgan fingerprint density at radius 1 is 1.17 bits per heavy atom. The van der Waals surface area contributed by atoms with Gasteiger partial charge in [0.15, 0.2) is 11.5 Å². The van der Waals surface area contributed by atoms with Crippen molar-refractivity contribution in [3.05, 3.63) is 70.0 Å². The monoisotopic (exact) mass is 443 g/mol. The summed E-state index contributed by atoms with van der Waals surface area (Å²) in [5, 5.41) is 17.0. The fourth-order valence-corrected chi connectivity index (χ4v) is 3.76. The third-order valence-electron chi connectivity index (χ3n) is 4.20. The van der Waals surface area contributed by atoms with E-state index in [1.807, 2.05) is 35.7 Å². The van der Waals surface area contributed by atoms with E-state index >= 15 is 0 Å². The van der Waals surface area contributed by atoms with Crippen molar-refractivity contribution < 1.29 is 4.74 Å². The van der Waals surface area contributed by atoms with Crippen molar-refractivity contribution in [1.29, 1.82) is 0 Å². The summed E-state index contributed by atoms with van der Waals surface area (Å²) >= 11 is 7.70. The minimum atomic E-state index is 0. The van der Waals surface area contributed by atoms with E-state index in [0.29, 0.717) is 34.5 Å². The molecule has 0 atom stereocenters. The first-order valence-electron chi connectivity index (χ1n) is 8.33. The van der Waals surface area contributed by atoms with Gasteiger partial charge in [-0.15, -0.1) is 33.9 Å². The highest BCUT2D eigenvalue weighted by Crippen LogP contribution is 2.33. The van der Waals surface area contributed by atoms with Crippen LogP contribution in [0.2, 0.25) is 5.02 Å². The molecule has 0 fully saturated rings. The molecule has 0 bridgehead atoms. The van der Waals surface area contributed by atoms with Gasteiger partial charge in [0.1, 0.15) is 16.5 Å². The quantitative estimate of drug-likeness (QED) is 0.383. The Kier molecular flexibility index (Phi) is 6.49. The number of benzene rings is 2. The Morgan fingerprint density at radius 3 is 2.72 bits per heavy atom. The second-order valence-electron chi connectivity index (χ2n) is 5.90. The lowest BCUT2D eigenvalue weighted by molar-refractivity contribution is 0.415. The molecule has 4 rings (SSSR count). The molecule has 0 spiro atoms. The zero-order valence-electron chi connectivity index (χ0n) is 15.2. The number of hydrogen-bond donors (Lipinski definition) is 1. The number of anilines is 1. The van der Waals surface area contributed by atoms with Crippen molar-refractivity contribution >= 4 is 57.6 Å². The number of halogens is 2. The first-order chi connectivity index (χ1) is 13.7. The number of aromatic nitrogens is 3. The Labute approximate surface area is 182 Å². The molecule has 0 amide bonds. The lowest BCUT2D eigenvalue weighted by atomic mass is 10.1. The van der Waals surface area contributed by atoms with Gasteiger partial charge in [-0.3, -0.25) is 0 Å². The summed E-state index contributed by atoms with van der Waals surface area (Å²) in [4.78, 5) is 7.87. The van der Waals surface area contributed by atoms with E-state index in [0.717, 1.165) is 21.3 Å². The predicted molar refractivity (Wildman–Crippen MR) is 119 cm³/mol. The van der Waals surface area contributed by atoms with Crippen LogP contribution in [0, 0.1) is 6.57 Å². The second-order valence-corrected chi connectivity index (χ2v) is 7.20. The van der Waals surface area contributed by atoms with E-state index in [1.54, 1.807) is 19.4 Å². The standard InChI is InChI=1S/C20H14ClN5OS.ClH/c1-22-13-4-5-14-15(10-13)19(26-25-18(14)20-23-7-8-28-20)24-11-12-3-6-17(27-2)16(21)9-12;/h3-10H,11H2,2H3,(H,24,26);1H. The van der Waals surface area contributed by atoms with Crippen LogP contribution < -0.4 is 10.1 Å². The fourth-order valence-electron chi connectivity index (χ4n) is 2.85. The number of ether oxygens (including phenoxy) is 1. The molecule has 2 aromatic heterocycles. The number of hydrogen-bond acceptors (Lipinski definition) is 6. The van der Waals surface area contributed by atoms with Gasteiger partial charge < -0.3 is 10.1 Å². The summed E-state index contributed by atoms with van der Waals surface area (Å²) in [6.45, 7) is 7.82. The Hall–Kier alpha value is -2.92. The summed E-state index contributed by atoms with van der Waals surface area (Å²) in [5.74, 6) is 1.23. The van der Waals surface area contributed by atoms with Crippen LogP contribution in [0.25, 0.3) is 26.3 Å². The second kappa shape index (κ2) is 9.05. The van der Waals surface area contributed by atoms with Crippen LogP contribution in [0.15, 0.2) is 48.0 Å². The fraction of sp³-hybridized carbons (Fsp3) is 0.100. The average molecular weight is 444 g/mol. The summed E-state index contributed by atoms with van der Waals surface area (Å²) in [7, 11) is 1.58. The number of nitrogens with one attached hydrogen (secondary N) is 1. The first kappa shape index (κ1) is 20.8. The van der Waals surface area contributed by atoms with Gasteiger partial charge in [-0.05, 0) is 23.8 Å². The molecule has 146 valence electrons.